The van der Waals surface area contributed by atoms with Crippen LogP contribution >= 0.6 is 0 Å². The SMILES string of the molecule is CCCCOCCC/C(N)=N/O. The molecule has 0 aliphatic rings. The van der Waals surface area contributed by atoms with Gasteiger partial charge in [0.15, 0.2) is 0 Å². The number of rotatable bonds is 7. The molecule has 0 aliphatic heterocycles. The van der Waals surface area contributed by atoms with Crippen LogP contribution in [0.25, 0.3) is 0 Å². The summed E-state index contributed by atoms with van der Waals surface area (Å²) in [4.78, 5) is 0. The van der Waals surface area contributed by atoms with E-state index in [1.165, 1.54) is 0 Å². The smallest absolute Gasteiger partial charge is 0.139 e. The average Bonchev–Trinajstić information content (AvgIpc) is 2.10. The Hall–Kier alpha value is -0.770. The largest absolute Gasteiger partial charge is 0.409 e. The average molecular weight is 174 g/mol. The van der Waals surface area contributed by atoms with E-state index in [0.29, 0.717) is 13.0 Å². The summed E-state index contributed by atoms with van der Waals surface area (Å²) in [6.07, 6.45) is 3.67. The number of nitrogens with two attached hydrogens (primary N) is 1. The normalized spacial score (nSPS) is 11.9. The van der Waals surface area contributed by atoms with E-state index in [9.17, 15) is 0 Å². The topological polar surface area (TPSA) is 67.8 Å². The van der Waals surface area contributed by atoms with Crippen LogP contribution in [0.1, 0.15) is 32.6 Å². The van der Waals surface area contributed by atoms with Crippen LogP contribution in [0.3, 0.4) is 0 Å². The fraction of sp³-hybridized carbons (Fsp3) is 0.875. The molecule has 0 amide bonds. The van der Waals surface area contributed by atoms with Crippen molar-refractivity contribution in [1.29, 1.82) is 0 Å². The molecule has 72 valence electrons. The molecule has 12 heavy (non-hydrogen) atoms. The molecule has 0 saturated carbocycles. The van der Waals surface area contributed by atoms with Crippen LogP contribution in [-0.2, 0) is 4.74 Å². The lowest BCUT2D eigenvalue weighted by atomic mass is 10.3. The summed E-state index contributed by atoms with van der Waals surface area (Å²) in [5.74, 6) is 0.272. The van der Waals surface area contributed by atoms with Gasteiger partial charge >= 0.3 is 0 Å². The Balaban J connectivity index is 3.00. The van der Waals surface area contributed by atoms with Crippen LogP contribution in [0.4, 0.5) is 0 Å². The van der Waals surface area contributed by atoms with Gasteiger partial charge in [0, 0.05) is 19.6 Å². The van der Waals surface area contributed by atoms with E-state index in [1.807, 2.05) is 0 Å². The Morgan fingerprint density at radius 3 is 2.67 bits per heavy atom. The van der Waals surface area contributed by atoms with E-state index in [-0.39, 0.29) is 5.84 Å². The molecule has 0 saturated heterocycles. The van der Waals surface area contributed by atoms with Crippen LogP contribution in [0, 0.1) is 0 Å². The highest BCUT2D eigenvalue weighted by atomic mass is 16.5. The van der Waals surface area contributed by atoms with Crippen molar-refractivity contribution in [3.05, 3.63) is 0 Å². The van der Waals surface area contributed by atoms with Crippen molar-refractivity contribution in [2.24, 2.45) is 10.9 Å². The van der Waals surface area contributed by atoms with E-state index >= 15 is 0 Å². The summed E-state index contributed by atoms with van der Waals surface area (Å²) < 4.78 is 5.28. The number of hydrogen-bond donors (Lipinski definition) is 2. The lowest BCUT2D eigenvalue weighted by Gasteiger charge is -2.01. The molecule has 0 fully saturated rings. The number of hydrogen-bond acceptors (Lipinski definition) is 3. The summed E-state index contributed by atoms with van der Waals surface area (Å²) in [7, 11) is 0. The van der Waals surface area contributed by atoms with Crippen molar-refractivity contribution in [1.82, 2.24) is 0 Å². The number of nitrogens with zero attached hydrogens (tertiary/aromatic N) is 1. The summed E-state index contributed by atoms with van der Waals surface area (Å²) >= 11 is 0. The van der Waals surface area contributed by atoms with Gasteiger partial charge in [0.2, 0.25) is 0 Å². The number of ether oxygens (including phenoxy) is 1. The Morgan fingerprint density at radius 2 is 2.08 bits per heavy atom. The minimum absolute atomic E-state index is 0.272. The molecule has 0 atom stereocenters. The van der Waals surface area contributed by atoms with E-state index in [4.69, 9.17) is 15.7 Å². The van der Waals surface area contributed by atoms with Crippen molar-refractivity contribution >= 4 is 5.84 Å². The van der Waals surface area contributed by atoms with E-state index < -0.39 is 0 Å². The molecular formula is C8H18N2O2. The maximum Gasteiger partial charge on any atom is 0.139 e. The predicted octanol–water partition coefficient (Wildman–Crippen LogP) is 1.33. The maximum atomic E-state index is 8.20. The molecule has 0 aliphatic carbocycles. The molecule has 0 aromatic rings. The standard InChI is InChI=1S/C8H18N2O2/c1-2-3-6-12-7-4-5-8(9)10-11/h11H,2-7H2,1H3,(H2,9,10). The first-order valence-electron chi connectivity index (χ1n) is 4.35. The highest BCUT2D eigenvalue weighted by Crippen LogP contribution is 1.92. The molecule has 3 N–H and O–H groups in total. The zero-order valence-electron chi connectivity index (χ0n) is 7.62. The Bertz CT molecular complexity index is 126. The second-order valence-corrected chi connectivity index (χ2v) is 2.66. The molecule has 0 aromatic carbocycles. The van der Waals surface area contributed by atoms with Gasteiger partial charge in [-0.25, -0.2) is 0 Å². The summed E-state index contributed by atoms with van der Waals surface area (Å²) in [5.41, 5.74) is 5.26. The van der Waals surface area contributed by atoms with Crippen LogP contribution in [0.2, 0.25) is 0 Å². The first-order chi connectivity index (χ1) is 5.81. The van der Waals surface area contributed by atoms with Gasteiger partial charge in [-0.3, -0.25) is 0 Å². The predicted molar refractivity (Wildman–Crippen MR) is 48.4 cm³/mol. The van der Waals surface area contributed by atoms with Gasteiger partial charge in [-0.1, -0.05) is 18.5 Å². The monoisotopic (exact) mass is 174 g/mol. The van der Waals surface area contributed by atoms with Crippen molar-refractivity contribution < 1.29 is 9.94 Å². The second kappa shape index (κ2) is 8.33. The van der Waals surface area contributed by atoms with Crippen molar-refractivity contribution in [2.75, 3.05) is 13.2 Å². The van der Waals surface area contributed by atoms with Crippen LogP contribution in [0.15, 0.2) is 5.16 Å². The summed E-state index contributed by atoms with van der Waals surface area (Å²) in [5, 5.41) is 11.1. The molecule has 0 aromatic heterocycles. The third kappa shape index (κ3) is 7.34. The highest BCUT2D eigenvalue weighted by Gasteiger charge is 1.93. The second-order valence-electron chi connectivity index (χ2n) is 2.66. The number of oxime groups is 1. The van der Waals surface area contributed by atoms with Gasteiger partial charge in [-0.15, -0.1) is 0 Å². The molecule has 0 rings (SSSR count). The lowest BCUT2D eigenvalue weighted by Crippen LogP contribution is -2.12. The minimum atomic E-state index is 0.272. The number of unbranched alkanes of at least 4 members (excludes halogenated alkanes) is 1. The Kier molecular flexibility index (Phi) is 7.79. The van der Waals surface area contributed by atoms with E-state index in [0.717, 1.165) is 25.9 Å². The fourth-order valence-corrected chi connectivity index (χ4v) is 0.754. The summed E-state index contributed by atoms with van der Waals surface area (Å²) in [6, 6.07) is 0. The summed E-state index contributed by atoms with van der Waals surface area (Å²) in [6.45, 7) is 3.63. The Morgan fingerprint density at radius 1 is 1.42 bits per heavy atom. The fourth-order valence-electron chi connectivity index (χ4n) is 0.754. The van der Waals surface area contributed by atoms with Gasteiger partial charge < -0.3 is 15.7 Å². The highest BCUT2D eigenvalue weighted by molar-refractivity contribution is 5.79. The van der Waals surface area contributed by atoms with Crippen molar-refractivity contribution in [2.45, 2.75) is 32.6 Å². The van der Waals surface area contributed by atoms with Gasteiger partial charge in [0.1, 0.15) is 5.84 Å². The maximum absolute atomic E-state index is 8.20. The first kappa shape index (κ1) is 11.2. The quantitative estimate of drug-likeness (QED) is 0.201. The zero-order valence-corrected chi connectivity index (χ0v) is 7.62. The third-order valence-corrected chi connectivity index (χ3v) is 1.49. The van der Waals surface area contributed by atoms with E-state index in [1.54, 1.807) is 0 Å². The minimum Gasteiger partial charge on any atom is -0.409 e. The van der Waals surface area contributed by atoms with Crippen molar-refractivity contribution in [3.63, 3.8) is 0 Å². The molecular weight excluding hydrogens is 156 g/mol. The lowest BCUT2D eigenvalue weighted by molar-refractivity contribution is 0.130. The molecule has 0 spiro atoms. The molecule has 0 heterocycles. The van der Waals surface area contributed by atoms with Crippen molar-refractivity contribution in [3.8, 4) is 0 Å². The van der Waals surface area contributed by atoms with Crippen LogP contribution in [0.5, 0.6) is 0 Å². The zero-order chi connectivity index (χ0) is 9.23. The van der Waals surface area contributed by atoms with E-state index in [2.05, 4.69) is 12.1 Å². The van der Waals surface area contributed by atoms with Gasteiger partial charge in [-0.05, 0) is 12.8 Å². The molecule has 4 nitrogen and oxygen atoms in total. The molecule has 0 bridgehead atoms. The third-order valence-electron chi connectivity index (χ3n) is 1.49. The number of amidine groups is 1. The van der Waals surface area contributed by atoms with Gasteiger partial charge in [0.25, 0.3) is 0 Å². The van der Waals surface area contributed by atoms with Crippen LogP contribution < -0.4 is 5.73 Å². The Labute approximate surface area is 73.4 Å². The van der Waals surface area contributed by atoms with Gasteiger partial charge in [-0.2, -0.15) is 0 Å². The molecule has 0 unspecified atom stereocenters. The molecule has 4 heteroatoms. The first-order valence-corrected chi connectivity index (χ1v) is 4.35. The molecule has 0 radical (unpaired) electrons. The van der Waals surface area contributed by atoms with Crippen LogP contribution in [-0.4, -0.2) is 24.3 Å². The van der Waals surface area contributed by atoms with Gasteiger partial charge in [0.05, 0.1) is 0 Å².